The highest BCUT2D eigenvalue weighted by Gasteiger charge is 2.09. The summed E-state index contributed by atoms with van der Waals surface area (Å²) >= 11 is 0. The molecule has 0 fully saturated rings. The Morgan fingerprint density at radius 1 is 1.16 bits per heavy atom. The molecular formula is C14H15FN2O2. The Hall–Kier alpha value is -2.01. The maximum atomic E-state index is 13.7. The van der Waals surface area contributed by atoms with Crippen molar-refractivity contribution in [3.63, 3.8) is 0 Å². The summed E-state index contributed by atoms with van der Waals surface area (Å²) in [6.45, 7) is 0.0167. The molecule has 0 saturated heterocycles. The van der Waals surface area contributed by atoms with Crippen LogP contribution in [0.25, 0.3) is 0 Å². The van der Waals surface area contributed by atoms with Crippen molar-refractivity contribution >= 4 is 0 Å². The van der Waals surface area contributed by atoms with E-state index in [1.54, 1.807) is 12.4 Å². The molecule has 0 saturated carbocycles. The van der Waals surface area contributed by atoms with Crippen LogP contribution in [0.2, 0.25) is 0 Å². The highest BCUT2D eigenvalue weighted by molar-refractivity contribution is 5.22. The normalized spacial score (nSPS) is 10.4. The Morgan fingerprint density at radius 3 is 2.68 bits per heavy atom. The van der Waals surface area contributed by atoms with Crippen LogP contribution in [0, 0.1) is 5.82 Å². The molecule has 4 nitrogen and oxygen atoms in total. The molecule has 0 aliphatic rings. The van der Waals surface area contributed by atoms with E-state index in [2.05, 4.69) is 9.97 Å². The number of hydrogen-bond donors (Lipinski definition) is 1. The maximum absolute atomic E-state index is 13.7. The lowest BCUT2D eigenvalue weighted by Gasteiger charge is -2.07. The summed E-state index contributed by atoms with van der Waals surface area (Å²) in [5.74, 6) is -0.643. The van der Waals surface area contributed by atoms with Crippen molar-refractivity contribution in [3.8, 4) is 5.88 Å². The van der Waals surface area contributed by atoms with Crippen molar-refractivity contribution in [2.75, 3.05) is 6.61 Å². The molecule has 0 unspecified atom stereocenters. The molecule has 0 atom stereocenters. The monoisotopic (exact) mass is 262 g/mol. The van der Waals surface area contributed by atoms with Crippen molar-refractivity contribution in [1.82, 2.24) is 9.97 Å². The van der Waals surface area contributed by atoms with E-state index in [0.29, 0.717) is 6.61 Å². The van der Waals surface area contributed by atoms with Crippen LogP contribution in [0.15, 0.2) is 36.8 Å². The first kappa shape index (κ1) is 13.4. The number of pyridine rings is 2. The number of nitrogens with zero attached hydrogens (tertiary/aromatic N) is 2. The van der Waals surface area contributed by atoms with Gasteiger partial charge in [0.1, 0.15) is 0 Å². The van der Waals surface area contributed by atoms with Gasteiger partial charge in [-0.3, -0.25) is 4.98 Å². The van der Waals surface area contributed by atoms with Crippen molar-refractivity contribution in [3.05, 3.63) is 53.7 Å². The third kappa shape index (κ3) is 3.72. The van der Waals surface area contributed by atoms with Crippen LogP contribution >= 0.6 is 0 Å². The molecule has 100 valence electrons. The van der Waals surface area contributed by atoms with Gasteiger partial charge in [0.2, 0.25) is 0 Å². The lowest BCUT2D eigenvalue weighted by atomic mass is 10.1. The van der Waals surface area contributed by atoms with E-state index in [4.69, 9.17) is 9.84 Å². The molecule has 5 heteroatoms. The summed E-state index contributed by atoms with van der Waals surface area (Å²) in [6, 6.07) is 5.30. The second kappa shape index (κ2) is 6.80. The Kier molecular flexibility index (Phi) is 4.80. The van der Waals surface area contributed by atoms with E-state index in [-0.39, 0.29) is 18.1 Å². The molecule has 2 heterocycles. The van der Waals surface area contributed by atoms with Gasteiger partial charge in [0.05, 0.1) is 13.2 Å². The minimum atomic E-state index is -0.589. The molecule has 0 aromatic carbocycles. The molecule has 0 bridgehead atoms. The first-order valence-electron chi connectivity index (χ1n) is 6.07. The maximum Gasteiger partial charge on any atom is 0.250 e. The number of aryl methyl sites for hydroxylation is 1. The molecule has 0 amide bonds. The summed E-state index contributed by atoms with van der Waals surface area (Å²) in [5.41, 5.74) is 1.36. The topological polar surface area (TPSA) is 55.2 Å². The van der Waals surface area contributed by atoms with Gasteiger partial charge in [-0.2, -0.15) is 0 Å². The fourth-order valence-corrected chi connectivity index (χ4v) is 1.68. The molecule has 2 aromatic rings. The van der Waals surface area contributed by atoms with Crippen molar-refractivity contribution in [1.29, 1.82) is 0 Å². The van der Waals surface area contributed by atoms with Gasteiger partial charge in [-0.25, -0.2) is 9.37 Å². The quantitative estimate of drug-likeness (QED) is 0.810. The molecule has 19 heavy (non-hydrogen) atoms. The largest absolute Gasteiger partial charge is 0.476 e. The smallest absolute Gasteiger partial charge is 0.250 e. The first-order valence-corrected chi connectivity index (χ1v) is 6.07. The number of halogens is 1. The van der Waals surface area contributed by atoms with E-state index in [9.17, 15) is 4.39 Å². The van der Waals surface area contributed by atoms with Gasteiger partial charge in [-0.1, -0.05) is 0 Å². The van der Waals surface area contributed by atoms with Gasteiger partial charge in [-0.15, -0.1) is 0 Å². The molecule has 0 radical (unpaired) electrons. The van der Waals surface area contributed by atoms with Gasteiger partial charge >= 0.3 is 0 Å². The van der Waals surface area contributed by atoms with E-state index >= 15 is 0 Å². The highest BCUT2D eigenvalue weighted by atomic mass is 19.1. The van der Waals surface area contributed by atoms with Gasteiger partial charge in [0.15, 0.2) is 5.82 Å². The van der Waals surface area contributed by atoms with Crippen molar-refractivity contribution < 1.29 is 14.2 Å². The van der Waals surface area contributed by atoms with Crippen LogP contribution in [0.5, 0.6) is 5.88 Å². The number of aliphatic hydroxyl groups excluding tert-OH is 1. The van der Waals surface area contributed by atoms with Gasteiger partial charge in [-0.05, 0) is 36.6 Å². The highest BCUT2D eigenvalue weighted by Crippen LogP contribution is 2.17. The summed E-state index contributed by atoms with van der Waals surface area (Å²) in [7, 11) is 0. The van der Waals surface area contributed by atoms with Crippen LogP contribution in [-0.4, -0.2) is 21.7 Å². The lowest BCUT2D eigenvalue weighted by Crippen LogP contribution is -2.04. The lowest BCUT2D eigenvalue weighted by molar-refractivity contribution is 0.259. The average molecular weight is 262 g/mol. The molecule has 2 rings (SSSR count). The number of rotatable bonds is 6. The average Bonchev–Trinajstić information content (AvgIpc) is 2.46. The van der Waals surface area contributed by atoms with E-state index in [0.717, 1.165) is 18.4 Å². The Balaban J connectivity index is 1.83. The third-order valence-electron chi connectivity index (χ3n) is 2.71. The molecular weight excluding hydrogens is 247 g/mol. The fraction of sp³-hybridized carbons (Fsp3) is 0.286. The Bertz CT molecular complexity index is 520. The summed E-state index contributed by atoms with van der Waals surface area (Å²) < 4.78 is 19.0. The van der Waals surface area contributed by atoms with Crippen LogP contribution in [0.3, 0.4) is 0 Å². The molecule has 2 aromatic heterocycles. The van der Waals surface area contributed by atoms with Gasteiger partial charge in [0.25, 0.3) is 5.88 Å². The molecule has 1 N–H and O–H groups in total. The second-order valence-electron chi connectivity index (χ2n) is 4.05. The first-order chi connectivity index (χ1) is 9.31. The van der Waals surface area contributed by atoms with Crippen LogP contribution in [0.1, 0.15) is 17.5 Å². The summed E-state index contributed by atoms with van der Waals surface area (Å²) in [5, 5.41) is 8.93. The summed E-state index contributed by atoms with van der Waals surface area (Å²) in [6.07, 6.45) is 6.50. The molecule has 0 aliphatic carbocycles. The number of aliphatic hydroxyl groups is 1. The van der Waals surface area contributed by atoms with Crippen molar-refractivity contribution in [2.24, 2.45) is 0 Å². The standard InChI is InChI=1S/C14H15FN2O2/c15-13-12(10-18)5-8-17-14(13)19-9-1-2-11-3-6-16-7-4-11/h3-8,18H,1-2,9-10H2. The van der Waals surface area contributed by atoms with Crippen LogP contribution < -0.4 is 4.74 Å². The zero-order chi connectivity index (χ0) is 13.5. The SMILES string of the molecule is OCc1ccnc(OCCCc2ccncc2)c1F. The molecule has 0 aliphatic heterocycles. The van der Waals surface area contributed by atoms with E-state index in [1.165, 1.54) is 12.3 Å². The second-order valence-corrected chi connectivity index (χ2v) is 4.05. The zero-order valence-corrected chi connectivity index (χ0v) is 10.4. The summed E-state index contributed by atoms with van der Waals surface area (Å²) in [4.78, 5) is 7.75. The third-order valence-corrected chi connectivity index (χ3v) is 2.71. The number of hydrogen-bond acceptors (Lipinski definition) is 4. The Morgan fingerprint density at radius 2 is 1.95 bits per heavy atom. The predicted octanol–water partition coefficient (Wildman–Crippen LogP) is 2.12. The Labute approximate surface area is 110 Å². The van der Waals surface area contributed by atoms with Crippen LogP contribution in [0.4, 0.5) is 4.39 Å². The minimum Gasteiger partial charge on any atom is -0.476 e. The predicted molar refractivity (Wildman–Crippen MR) is 68.2 cm³/mol. The number of aromatic nitrogens is 2. The van der Waals surface area contributed by atoms with Crippen LogP contribution in [-0.2, 0) is 13.0 Å². The van der Waals surface area contributed by atoms with E-state index in [1.807, 2.05) is 12.1 Å². The van der Waals surface area contributed by atoms with Gasteiger partial charge in [0, 0.05) is 24.2 Å². The number of ether oxygens (including phenoxy) is 1. The minimum absolute atomic E-state index is 0.0544. The fourth-order valence-electron chi connectivity index (χ4n) is 1.68. The van der Waals surface area contributed by atoms with Gasteiger partial charge < -0.3 is 9.84 Å². The van der Waals surface area contributed by atoms with Crippen molar-refractivity contribution in [2.45, 2.75) is 19.4 Å². The zero-order valence-electron chi connectivity index (χ0n) is 10.4. The van der Waals surface area contributed by atoms with E-state index < -0.39 is 5.82 Å². The molecule has 0 spiro atoms.